The molecule has 5 rings (SSSR count). The van der Waals surface area contributed by atoms with E-state index in [1.165, 1.54) is 5.56 Å². The molecule has 2 aliphatic rings. The molecule has 3 heterocycles. The van der Waals surface area contributed by atoms with E-state index >= 15 is 0 Å². The highest BCUT2D eigenvalue weighted by Gasteiger charge is 2.43. The average Bonchev–Trinajstić information content (AvgIpc) is 3.39. The van der Waals surface area contributed by atoms with Crippen molar-refractivity contribution < 1.29 is 13.9 Å². The number of hydrazone groups is 1. The molecule has 2 aliphatic heterocycles. The first-order chi connectivity index (χ1) is 13.7. The molecule has 0 fully saturated rings. The normalized spacial score (nSPS) is 20.2. The molecule has 0 aliphatic carbocycles. The van der Waals surface area contributed by atoms with Crippen molar-refractivity contribution in [1.82, 2.24) is 5.01 Å². The van der Waals surface area contributed by atoms with Gasteiger partial charge in [-0.1, -0.05) is 42.0 Å². The Labute approximate surface area is 164 Å². The summed E-state index contributed by atoms with van der Waals surface area (Å²) >= 11 is 0. The predicted octanol–water partition coefficient (Wildman–Crippen LogP) is 5.23. The van der Waals surface area contributed by atoms with Crippen LogP contribution in [-0.4, -0.2) is 17.3 Å². The van der Waals surface area contributed by atoms with Crippen molar-refractivity contribution in [2.75, 3.05) is 6.61 Å². The summed E-state index contributed by atoms with van der Waals surface area (Å²) in [5.41, 5.74) is 4.53. The third kappa shape index (κ3) is 2.74. The molecule has 0 saturated heterocycles. The highest BCUT2D eigenvalue weighted by Crippen LogP contribution is 2.50. The minimum absolute atomic E-state index is 0.0792. The summed E-state index contributed by atoms with van der Waals surface area (Å²) in [6.07, 6.45) is 2.06. The van der Waals surface area contributed by atoms with Crippen LogP contribution in [0.1, 0.15) is 48.1 Å². The van der Waals surface area contributed by atoms with Crippen molar-refractivity contribution in [3.8, 4) is 11.5 Å². The summed E-state index contributed by atoms with van der Waals surface area (Å²) in [6.45, 7) is 4.66. The Kier molecular flexibility index (Phi) is 4.08. The van der Waals surface area contributed by atoms with Gasteiger partial charge in [0.05, 0.1) is 24.6 Å². The summed E-state index contributed by atoms with van der Waals surface area (Å²) in [7, 11) is 0. The molecule has 0 saturated carbocycles. The molecule has 0 unspecified atom stereocenters. The lowest BCUT2D eigenvalue weighted by Crippen LogP contribution is -2.33. The van der Waals surface area contributed by atoms with E-state index in [1.807, 2.05) is 36.2 Å². The molecular weight excluding hydrogens is 352 g/mol. The number of fused-ring (bicyclic) bond motifs is 3. The second-order valence-corrected chi connectivity index (χ2v) is 7.11. The fourth-order valence-corrected chi connectivity index (χ4v) is 3.89. The van der Waals surface area contributed by atoms with Crippen LogP contribution in [0.4, 0.5) is 0 Å². The van der Waals surface area contributed by atoms with Gasteiger partial charge in [0.25, 0.3) is 0 Å². The Bertz CT molecular complexity index is 1010. The molecule has 2 atom stereocenters. The number of aryl methyl sites for hydroxylation is 1. The largest absolute Gasteiger partial charge is 0.490 e. The van der Waals surface area contributed by atoms with Crippen LogP contribution in [0.3, 0.4) is 0 Å². The molecule has 0 radical (unpaired) electrons. The zero-order valence-corrected chi connectivity index (χ0v) is 16.0. The molecule has 5 heteroatoms. The third-order valence-corrected chi connectivity index (χ3v) is 5.25. The van der Waals surface area contributed by atoms with E-state index in [1.54, 1.807) is 6.26 Å². The van der Waals surface area contributed by atoms with Gasteiger partial charge in [-0.05, 0) is 37.6 Å². The number of rotatable bonds is 4. The molecule has 5 nitrogen and oxygen atoms in total. The van der Waals surface area contributed by atoms with Gasteiger partial charge in [-0.2, -0.15) is 5.10 Å². The summed E-state index contributed by atoms with van der Waals surface area (Å²) in [6, 6.07) is 18.5. The number of para-hydroxylation sites is 1. The lowest BCUT2D eigenvalue weighted by molar-refractivity contribution is -0.0344. The molecule has 0 spiro atoms. The smallest absolute Gasteiger partial charge is 0.246 e. The minimum atomic E-state index is -0.419. The zero-order chi connectivity index (χ0) is 19.1. The molecule has 28 heavy (non-hydrogen) atoms. The zero-order valence-electron chi connectivity index (χ0n) is 16.0. The van der Waals surface area contributed by atoms with Gasteiger partial charge in [0.1, 0.15) is 0 Å². The SMILES string of the molecule is CCOc1cccc2c1O[C@@H](c1ccco1)N1N=C(c3ccc(C)cc3)C[C@H]21. The standard InChI is InChI=1S/C23H22N2O3/c1-3-26-20-7-4-6-17-19-14-18(16-11-9-15(2)10-12-16)24-25(19)23(28-22(17)20)21-8-5-13-27-21/h4-13,19,23H,3,14H2,1-2H3/t19-,23+/m1/s1. The van der Waals surface area contributed by atoms with Crippen LogP contribution in [0.15, 0.2) is 70.4 Å². The van der Waals surface area contributed by atoms with Gasteiger partial charge >= 0.3 is 0 Å². The van der Waals surface area contributed by atoms with Crippen LogP contribution < -0.4 is 9.47 Å². The quantitative estimate of drug-likeness (QED) is 0.627. The second kappa shape index (κ2) is 6.75. The second-order valence-electron chi connectivity index (χ2n) is 7.11. The Hall–Kier alpha value is -3.21. The Morgan fingerprint density at radius 3 is 2.71 bits per heavy atom. The third-order valence-electron chi connectivity index (χ3n) is 5.25. The maximum absolute atomic E-state index is 6.38. The van der Waals surface area contributed by atoms with E-state index in [0.29, 0.717) is 6.61 Å². The van der Waals surface area contributed by atoms with Gasteiger partial charge in [0.2, 0.25) is 6.23 Å². The van der Waals surface area contributed by atoms with E-state index in [9.17, 15) is 0 Å². The van der Waals surface area contributed by atoms with Crippen LogP contribution in [0.5, 0.6) is 11.5 Å². The van der Waals surface area contributed by atoms with Crippen LogP contribution >= 0.6 is 0 Å². The van der Waals surface area contributed by atoms with Gasteiger partial charge in [-0.3, -0.25) is 0 Å². The molecule has 0 amide bonds. The summed E-state index contributed by atoms with van der Waals surface area (Å²) in [5, 5.41) is 6.97. The van der Waals surface area contributed by atoms with Gasteiger partial charge in [-0.15, -0.1) is 0 Å². The molecular formula is C23H22N2O3. The predicted molar refractivity (Wildman–Crippen MR) is 107 cm³/mol. The number of furan rings is 1. The van der Waals surface area contributed by atoms with Gasteiger partial charge in [0, 0.05) is 12.0 Å². The van der Waals surface area contributed by atoms with Crippen LogP contribution in [0.2, 0.25) is 0 Å². The first-order valence-electron chi connectivity index (χ1n) is 9.63. The number of nitrogens with zero attached hydrogens (tertiary/aromatic N) is 2. The topological polar surface area (TPSA) is 47.2 Å². The van der Waals surface area contributed by atoms with Gasteiger partial charge < -0.3 is 13.9 Å². The number of benzene rings is 2. The van der Waals surface area contributed by atoms with Crippen LogP contribution in [0.25, 0.3) is 0 Å². The average molecular weight is 374 g/mol. The van der Waals surface area contributed by atoms with Gasteiger partial charge in [-0.25, -0.2) is 5.01 Å². The van der Waals surface area contributed by atoms with E-state index < -0.39 is 6.23 Å². The van der Waals surface area contributed by atoms with Crippen molar-refractivity contribution in [1.29, 1.82) is 0 Å². The van der Waals surface area contributed by atoms with E-state index in [-0.39, 0.29) is 6.04 Å². The van der Waals surface area contributed by atoms with Crippen molar-refractivity contribution in [2.24, 2.45) is 5.10 Å². The van der Waals surface area contributed by atoms with Crippen LogP contribution in [0, 0.1) is 6.92 Å². The Morgan fingerprint density at radius 1 is 1.11 bits per heavy atom. The van der Waals surface area contributed by atoms with Gasteiger partial charge in [0.15, 0.2) is 17.3 Å². The molecule has 0 N–H and O–H groups in total. The lowest BCUT2D eigenvalue weighted by Gasteiger charge is -2.37. The van der Waals surface area contributed by atoms with Crippen molar-refractivity contribution in [2.45, 2.75) is 32.5 Å². The molecule has 1 aromatic heterocycles. The first kappa shape index (κ1) is 16.9. The molecule has 2 aromatic carbocycles. The monoisotopic (exact) mass is 374 g/mol. The molecule has 142 valence electrons. The van der Waals surface area contributed by atoms with Crippen molar-refractivity contribution in [3.63, 3.8) is 0 Å². The summed E-state index contributed by atoms with van der Waals surface area (Å²) < 4.78 is 17.9. The summed E-state index contributed by atoms with van der Waals surface area (Å²) in [4.78, 5) is 0. The van der Waals surface area contributed by atoms with Crippen LogP contribution in [-0.2, 0) is 0 Å². The first-order valence-corrected chi connectivity index (χ1v) is 9.63. The van der Waals surface area contributed by atoms with Crippen molar-refractivity contribution in [3.05, 3.63) is 83.3 Å². The maximum Gasteiger partial charge on any atom is 0.246 e. The Morgan fingerprint density at radius 2 is 1.96 bits per heavy atom. The highest BCUT2D eigenvalue weighted by atomic mass is 16.5. The van der Waals surface area contributed by atoms with Crippen molar-refractivity contribution >= 4 is 5.71 Å². The molecule has 3 aromatic rings. The minimum Gasteiger partial charge on any atom is -0.490 e. The lowest BCUT2D eigenvalue weighted by atomic mass is 9.96. The van der Waals surface area contributed by atoms with E-state index in [0.717, 1.165) is 40.5 Å². The van der Waals surface area contributed by atoms with E-state index in [2.05, 4.69) is 37.3 Å². The number of hydrogen-bond acceptors (Lipinski definition) is 5. The summed E-state index contributed by atoms with van der Waals surface area (Å²) in [5.74, 6) is 2.28. The number of ether oxygens (including phenoxy) is 2. The number of hydrogen-bond donors (Lipinski definition) is 0. The van der Waals surface area contributed by atoms with E-state index in [4.69, 9.17) is 19.0 Å². The Balaban J connectivity index is 1.59. The maximum atomic E-state index is 6.38. The highest BCUT2D eigenvalue weighted by molar-refractivity contribution is 6.02. The fourth-order valence-electron chi connectivity index (χ4n) is 3.89. The molecule has 0 bridgehead atoms. The fraction of sp³-hybridized carbons (Fsp3) is 0.261.